The van der Waals surface area contributed by atoms with E-state index < -0.39 is 0 Å². The highest BCUT2D eigenvalue weighted by atomic mass is 16.2. The van der Waals surface area contributed by atoms with Crippen LogP contribution in [0.4, 0.5) is 0 Å². The van der Waals surface area contributed by atoms with E-state index in [1.807, 2.05) is 7.05 Å². The molecule has 1 amide bonds. The predicted octanol–water partition coefficient (Wildman–Crippen LogP) is 2.37. The number of amides is 1. The fourth-order valence-electron chi connectivity index (χ4n) is 4.02. The van der Waals surface area contributed by atoms with Crippen molar-refractivity contribution in [2.24, 2.45) is 17.8 Å². The maximum Gasteiger partial charge on any atom is 0.225 e. The van der Waals surface area contributed by atoms with Gasteiger partial charge < -0.3 is 4.90 Å². The first-order valence-corrected chi connectivity index (χ1v) is 7.83. The van der Waals surface area contributed by atoms with Gasteiger partial charge >= 0.3 is 0 Å². The third-order valence-corrected chi connectivity index (χ3v) is 5.12. The van der Waals surface area contributed by atoms with Gasteiger partial charge in [0.2, 0.25) is 5.91 Å². The molecule has 0 saturated heterocycles. The molecule has 1 aromatic heterocycles. The Morgan fingerprint density at radius 1 is 1.30 bits per heavy atom. The lowest BCUT2D eigenvalue weighted by molar-refractivity contribution is -0.137. The number of nitrogens with zero attached hydrogens (tertiary/aromatic N) is 3. The van der Waals surface area contributed by atoms with Gasteiger partial charge in [0.25, 0.3) is 0 Å². The lowest BCUT2D eigenvalue weighted by Crippen LogP contribution is -2.38. The van der Waals surface area contributed by atoms with Crippen LogP contribution in [0.15, 0.2) is 6.33 Å². The molecule has 0 radical (unpaired) electrons. The Labute approximate surface area is 120 Å². The summed E-state index contributed by atoms with van der Waals surface area (Å²) >= 11 is 0. The van der Waals surface area contributed by atoms with E-state index in [9.17, 15) is 4.79 Å². The number of fused-ring (bicyclic) bond motifs is 1. The summed E-state index contributed by atoms with van der Waals surface area (Å²) in [6.45, 7) is 0.531. The molecule has 1 aromatic rings. The Bertz CT molecular complexity index is 445. The third-order valence-electron chi connectivity index (χ3n) is 5.12. The molecule has 2 aliphatic carbocycles. The van der Waals surface area contributed by atoms with Crippen molar-refractivity contribution in [3.05, 3.63) is 12.2 Å². The van der Waals surface area contributed by atoms with Crippen LogP contribution in [0.2, 0.25) is 0 Å². The quantitative estimate of drug-likeness (QED) is 0.922. The molecule has 5 heteroatoms. The van der Waals surface area contributed by atoms with Crippen molar-refractivity contribution in [2.75, 3.05) is 7.05 Å². The Balaban J connectivity index is 1.56. The summed E-state index contributed by atoms with van der Waals surface area (Å²) in [6.07, 6.45) is 10.4. The van der Waals surface area contributed by atoms with Crippen LogP contribution < -0.4 is 0 Å². The van der Waals surface area contributed by atoms with Crippen molar-refractivity contribution in [1.82, 2.24) is 20.1 Å². The fraction of sp³-hybridized carbons (Fsp3) is 0.800. The molecule has 3 atom stereocenters. The molecular formula is C15H24N4O. The van der Waals surface area contributed by atoms with Crippen molar-refractivity contribution >= 4 is 5.91 Å². The van der Waals surface area contributed by atoms with Crippen molar-refractivity contribution in [1.29, 1.82) is 0 Å². The van der Waals surface area contributed by atoms with Crippen LogP contribution in [0.1, 0.15) is 50.8 Å². The van der Waals surface area contributed by atoms with Gasteiger partial charge in [-0.15, -0.1) is 0 Å². The minimum Gasteiger partial charge on any atom is -0.338 e. The second-order valence-electron chi connectivity index (χ2n) is 6.44. The van der Waals surface area contributed by atoms with Crippen LogP contribution in [-0.2, 0) is 11.3 Å². The number of nitrogens with one attached hydrogen (secondary N) is 1. The Morgan fingerprint density at radius 3 is 2.85 bits per heavy atom. The molecule has 2 saturated carbocycles. The van der Waals surface area contributed by atoms with E-state index >= 15 is 0 Å². The van der Waals surface area contributed by atoms with E-state index in [-0.39, 0.29) is 11.8 Å². The Hall–Kier alpha value is -1.39. The summed E-state index contributed by atoms with van der Waals surface area (Å²) < 4.78 is 0. The molecule has 0 bridgehead atoms. The van der Waals surface area contributed by atoms with Gasteiger partial charge in [0.1, 0.15) is 12.2 Å². The zero-order valence-corrected chi connectivity index (χ0v) is 12.2. The van der Waals surface area contributed by atoms with E-state index in [1.54, 1.807) is 4.90 Å². The highest BCUT2D eigenvalue weighted by molar-refractivity contribution is 5.78. The molecule has 1 N–H and O–H groups in total. The van der Waals surface area contributed by atoms with Crippen molar-refractivity contribution < 1.29 is 4.79 Å². The van der Waals surface area contributed by atoms with Crippen LogP contribution in [-0.4, -0.2) is 33.0 Å². The number of aromatic amines is 1. The molecular weight excluding hydrogens is 252 g/mol. The summed E-state index contributed by atoms with van der Waals surface area (Å²) in [5.74, 6) is 2.96. The number of carbonyl (C=O) groups excluding carboxylic acids is 1. The van der Waals surface area contributed by atoms with E-state index in [1.165, 1.54) is 38.4 Å². The maximum atomic E-state index is 12.6. The van der Waals surface area contributed by atoms with Crippen LogP contribution >= 0.6 is 0 Å². The molecule has 0 aromatic carbocycles. The van der Waals surface area contributed by atoms with Crippen LogP contribution in [0, 0.1) is 17.8 Å². The van der Waals surface area contributed by atoms with Gasteiger partial charge in [0.05, 0.1) is 6.54 Å². The van der Waals surface area contributed by atoms with Crippen LogP contribution in [0.3, 0.4) is 0 Å². The first kappa shape index (κ1) is 13.6. The molecule has 20 heavy (non-hydrogen) atoms. The summed E-state index contributed by atoms with van der Waals surface area (Å²) in [5, 5.41) is 6.64. The Kier molecular flexibility index (Phi) is 4.03. The first-order chi connectivity index (χ1) is 9.74. The second-order valence-corrected chi connectivity index (χ2v) is 6.44. The van der Waals surface area contributed by atoms with Gasteiger partial charge in [-0.25, -0.2) is 4.98 Å². The van der Waals surface area contributed by atoms with Crippen LogP contribution in [0.25, 0.3) is 0 Å². The summed E-state index contributed by atoms with van der Waals surface area (Å²) in [7, 11) is 1.87. The number of hydrogen-bond acceptors (Lipinski definition) is 3. The Morgan fingerprint density at radius 2 is 2.10 bits per heavy atom. The average Bonchev–Trinajstić information content (AvgIpc) is 2.99. The van der Waals surface area contributed by atoms with E-state index in [2.05, 4.69) is 15.2 Å². The number of carbonyl (C=O) groups is 1. The standard InChI is InChI=1S/C15H24N4O/c1-19(9-14-16-10-17-18-14)15(20)13-7-6-11-4-2-3-5-12(11)8-13/h10-13H,2-9H2,1H3,(H,16,17,18). The molecule has 2 fully saturated rings. The highest BCUT2D eigenvalue weighted by Gasteiger charge is 2.35. The van der Waals surface area contributed by atoms with E-state index in [0.717, 1.165) is 30.5 Å². The topological polar surface area (TPSA) is 61.9 Å². The summed E-state index contributed by atoms with van der Waals surface area (Å²) in [4.78, 5) is 18.5. The molecule has 2 aliphatic rings. The largest absolute Gasteiger partial charge is 0.338 e. The van der Waals surface area contributed by atoms with Gasteiger partial charge in [-0.1, -0.05) is 25.7 Å². The lowest BCUT2D eigenvalue weighted by Gasteiger charge is -2.39. The number of aromatic nitrogens is 3. The minimum absolute atomic E-state index is 0.224. The lowest BCUT2D eigenvalue weighted by atomic mass is 9.67. The minimum atomic E-state index is 0.224. The number of H-pyrrole nitrogens is 1. The smallest absolute Gasteiger partial charge is 0.225 e. The SMILES string of the molecule is CN(Cc1ncn[nH]1)C(=O)C1CCC2CCCCC2C1. The molecule has 0 aliphatic heterocycles. The maximum absolute atomic E-state index is 12.6. The van der Waals surface area contributed by atoms with Crippen molar-refractivity contribution in [3.63, 3.8) is 0 Å². The van der Waals surface area contributed by atoms with Gasteiger partial charge in [0.15, 0.2) is 0 Å². The normalized spacial score (nSPS) is 29.8. The van der Waals surface area contributed by atoms with E-state index in [0.29, 0.717) is 6.54 Å². The molecule has 0 spiro atoms. The van der Waals surface area contributed by atoms with E-state index in [4.69, 9.17) is 0 Å². The monoisotopic (exact) mass is 276 g/mol. The molecule has 5 nitrogen and oxygen atoms in total. The zero-order valence-electron chi connectivity index (χ0n) is 12.2. The fourth-order valence-corrected chi connectivity index (χ4v) is 4.02. The van der Waals surface area contributed by atoms with Crippen molar-refractivity contribution in [2.45, 2.75) is 51.5 Å². The number of rotatable bonds is 3. The summed E-state index contributed by atoms with van der Waals surface area (Å²) in [5.41, 5.74) is 0. The van der Waals surface area contributed by atoms with Crippen LogP contribution in [0.5, 0.6) is 0 Å². The van der Waals surface area contributed by atoms with Gasteiger partial charge in [0, 0.05) is 13.0 Å². The number of hydrogen-bond donors (Lipinski definition) is 1. The molecule has 3 rings (SSSR count). The zero-order chi connectivity index (χ0) is 13.9. The van der Waals surface area contributed by atoms with Gasteiger partial charge in [-0.3, -0.25) is 9.89 Å². The van der Waals surface area contributed by atoms with Gasteiger partial charge in [-0.2, -0.15) is 5.10 Å². The molecule has 110 valence electrons. The first-order valence-electron chi connectivity index (χ1n) is 7.83. The molecule has 1 heterocycles. The van der Waals surface area contributed by atoms with Gasteiger partial charge in [-0.05, 0) is 31.1 Å². The average molecular weight is 276 g/mol. The third kappa shape index (κ3) is 2.86. The molecule has 3 unspecified atom stereocenters. The summed E-state index contributed by atoms with van der Waals surface area (Å²) in [6, 6.07) is 0. The van der Waals surface area contributed by atoms with Crippen molar-refractivity contribution in [3.8, 4) is 0 Å². The predicted molar refractivity (Wildman–Crippen MR) is 75.6 cm³/mol. The highest BCUT2D eigenvalue weighted by Crippen LogP contribution is 2.43. The second kappa shape index (κ2) is 5.94.